The lowest BCUT2D eigenvalue weighted by Crippen LogP contribution is -2.35. The summed E-state index contributed by atoms with van der Waals surface area (Å²) in [6.07, 6.45) is 4.91. The Labute approximate surface area is 105 Å². The summed E-state index contributed by atoms with van der Waals surface area (Å²) < 4.78 is 13.4. The molecule has 1 N–H and O–H groups in total. The fourth-order valence-corrected chi connectivity index (χ4v) is 2.74. The minimum atomic E-state index is -0.400. The number of hydrogen-bond acceptors (Lipinski definition) is 1. The van der Waals surface area contributed by atoms with Crippen LogP contribution in [0.5, 0.6) is 0 Å². The molecule has 0 radical (unpaired) electrons. The van der Waals surface area contributed by atoms with Crippen molar-refractivity contribution in [2.24, 2.45) is 0 Å². The van der Waals surface area contributed by atoms with Crippen LogP contribution in [0.1, 0.15) is 30.4 Å². The Bertz CT molecular complexity index is 348. The summed E-state index contributed by atoms with van der Waals surface area (Å²) >= 11 is 3.41. The summed E-state index contributed by atoms with van der Waals surface area (Å²) in [4.78, 5) is 0. The Hall–Kier alpha value is -0.410. The van der Waals surface area contributed by atoms with Crippen molar-refractivity contribution in [2.75, 3.05) is 6.54 Å². The zero-order valence-electron chi connectivity index (χ0n) is 9.31. The molecule has 1 aromatic carbocycles. The van der Waals surface area contributed by atoms with Crippen LogP contribution in [-0.2, 0) is 13.1 Å². The van der Waals surface area contributed by atoms with Gasteiger partial charge in [-0.3, -0.25) is 0 Å². The SMILES string of the molecule is FCc1ccc(CC2CCCCN2)cc1Br. The van der Waals surface area contributed by atoms with E-state index in [1.807, 2.05) is 18.2 Å². The molecule has 0 spiro atoms. The van der Waals surface area contributed by atoms with Gasteiger partial charge in [0.2, 0.25) is 0 Å². The van der Waals surface area contributed by atoms with Crippen molar-refractivity contribution in [3.63, 3.8) is 0 Å². The van der Waals surface area contributed by atoms with E-state index in [0.717, 1.165) is 23.0 Å². The molecular formula is C13H17BrFN. The molecule has 2 rings (SSSR count). The van der Waals surface area contributed by atoms with Crippen LogP contribution in [0.2, 0.25) is 0 Å². The van der Waals surface area contributed by atoms with Gasteiger partial charge in [-0.15, -0.1) is 0 Å². The summed E-state index contributed by atoms with van der Waals surface area (Å²) in [5.41, 5.74) is 2.02. The van der Waals surface area contributed by atoms with Crippen molar-refractivity contribution >= 4 is 15.9 Å². The second kappa shape index (κ2) is 5.78. The van der Waals surface area contributed by atoms with Gasteiger partial charge in [-0.2, -0.15) is 0 Å². The molecule has 0 aliphatic carbocycles. The number of alkyl halides is 1. The molecule has 1 atom stereocenters. The molecule has 1 heterocycles. The Morgan fingerprint density at radius 1 is 1.38 bits per heavy atom. The van der Waals surface area contributed by atoms with E-state index in [2.05, 4.69) is 21.2 Å². The van der Waals surface area contributed by atoms with Gasteiger partial charge in [-0.25, -0.2) is 4.39 Å². The predicted molar refractivity (Wildman–Crippen MR) is 68.3 cm³/mol. The minimum Gasteiger partial charge on any atom is -0.314 e. The average Bonchev–Trinajstić information content (AvgIpc) is 2.31. The van der Waals surface area contributed by atoms with Crippen molar-refractivity contribution < 1.29 is 4.39 Å². The molecule has 1 aliphatic heterocycles. The van der Waals surface area contributed by atoms with Crippen LogP contribution in [0.3, 0.4) is 0 Å². The monoisotopic (exact) mass is 285 g/mol. The quantitative estimate of drug-likeness (QED) is 0.895. The van der Waals surface area contributed by atoms with Crippen molar-refractivity contribution in [1.82, 2.24) is 5.32 Å². The average molecular weight is 286 g/mol. The van der Waals surface area contributed by atoms with Crippen LogP contribution in [0.25, 0.3) is 0 Å². The van der Waals surface area contributed by atoms with Crippen molar-refractivity contribution in [1.29, 1.82) is 0 Å². The Morgan fingerprint density at radius 2 is 2.25 bits per heavy atom. The highest BCUT2D eigenvalue weighted by Crippen LogP contribution is 2.21. The molecule has 0 bridgehead atoms. The number of nitrogens with one attached hydrogen (secondary N) is 1. The Kier molecular flexibility index (Phi) is 4.36. The smallest absolute Gasteiger partial charge is 0.116 e. The normalized spacial score (nSPS) is 21.0. The van der Waals surface area contributed by atoms with Gasteiger partial charge < -0.3 is 5.32 Å². The van der Waals surface area contributed by atoms with Crippen LogP contribution in [0.4, 0.5) is 4.39 Å². The lowest BCUT2D eigenvalue weighted by Gasteiger charge is -2.23. The molecule has 1 unspecified atom stereocenters. The predicted octanol–water partition coefficient (Wildman–Crippen LogP) is 3.60. The third-order valence-electron chi connectivity index (χ3n) is 3.16. The van der Waals surface area contributed by atoms with E-state index < -0.39 is 6.67 Å². The zero-order chi connectivity index (χ0) is 11.4. The topological polar surface area (TPSA) is 12.0 Å². The first-order valence-corrected chi connectivity index (χ1v) is 6.65. The lowest BCUT2D eigenvalue weighted by atomic mass is 9.97. The van der Waals surface area contributed by atoms with E-state index in [1.54, 1.807) is 0 Å². The van der Waals surface area contributed by atoms with E-state index >= 15 is 0 Å². The molecule has 0 saturated carbocycles. The standard InChI is InChI=1S/C13H17BrFN/c14-13-8-10(4-5-11(13)9-15)7-12-3-1-2-6-16-12/h4-5,8,12,16H,1-3,6-7,9H2. The maximum atomic E-state index is 12.5. The first-order chi connectivity index (χ1) is 7.79. The molecule has 3 heteroatoms. The van der Waals surface area contributed by atoms with Gasteiger partial charge >= 0.3 is 0 Å². The third kappa shape index (κ3) is 3.05. The van der Waals surface area contributed by atoms with E-state index in [0.29, 0.717) is 6.04 Å². The zero-order valence-corrected chi connectivity index (χ0v) is 10.9. The maximum Gasteiger partial charge on any atom is 0.116 e. The van der Waals surface area contributed by atoms with Gasteiger partial charge in [-0.05, 0) is 43.0 Å². The molecule has 1 aromatic rings. The highest BCUT2D eigenvalue weighted by molar-refractivity contribution is 9.10. The van der Waals surface area contributed by atoms with Crippen LogP contribution < -0.4 is 5.32 Å². The molecule has 1 aliphatic rings. The largest absolute Gasteiger partial charge is 0.314 e. The maximum absolute atomic E-state index is 12.5. The summed E-state index contributed by atoms with van der Waals surface area (Å²) in [5.74, 6) is 0. The highest BCUT2D eigenvalue weighted by Gasteiger charge is 2.13. The molecule has 0 aromatic heterocycles. The molecule has 16 heavy (non-hydrogen) atoms. The van der Waals surface area contributed by atoms with Gasteiger partial charge in [-0.1, -0.05) is 34.5 Å². The number of hydrogen-bond donors (Lipinski definition) is 1. The number of benzene rings is 1. The van der Waals surface area contributed by atoms with Crippen LogP contribution in [0.15, 0.2) is 22.7 Å². The van der Waals surface area contributed by atoms with Crippen molar-refractivity contribution in [2.45, 2.75) is 38.4 Å². The Balaban J connectivity index is 2.01. The highest BCUT2D eigenvalue weighted by atomic mass is 79.9. The van der Waals surface area contributed by atoms with E-state index in [-0.39, 0.29) is 0 Å². The van der Waals surface area contributed by atoms with E-state index in [1.165, 1.54) is 24.8 Å². The molecular weight excluding hydrogens is 269 g/mol. The minimum absolute atomic E-state index is 0.400. The van der Waals surface area contributed by atoms with Gasteiger partial charge in [0.25, 0.3) is 0 Å². The molecule has 1 saturated heterocycles. The van der Waals surface area contributed by atoms with Gasteiger partial charge in [0.15, 0.2) is 0 Å². The van der Waals surface area contributed by atoms with Gasteiger partial charge in [0.1, 0.15) is 6.67 Å². The third-order valence-corrected chi connectivity index (χ3v) is 3.89. The van der Waals surface area contributed by atoms with Gasteiger partial charge in [0.05, 0.1) is 0 Å². The van der Waals surface area contributed by atoms with Crippen LogP contribution in [-0.4, -0.2) is 12.6 Å². The summed E-state index contributed by atoms with van der Waals surface area (Å²) in [6, 6.07) is 6.56. The summed E-state index contributed by atoms with van der Waals surface area (Å²) in [7, 11) is 0. The summed E-state index contributed by atoms with van der Waals surface area (Å²) in [6.45, 7) is 0.733. The van der Waals surface area contributed by atoms with E-state index in [9.17, 15) is 4.39 Å². The van der Waals surface area contributed by atoms with Crippen molar-refractivity contribution in [3.05, 3.63) is 33.8 Å². The first-order valence-electron chi connectivity index (χ1n) is 5.86. The Morgan fingerprint density at radius 3 is 2.88 bits per heavy atom. The molecule has 88 valence electrons. The lowest BCUT2D eigenvalue weighted by molar-refractivity contribution is 0.399. The summed E-state index contributed by atoms with van der Waals surface area (Å²) in [5, 5.41) is 3.53. The second-order valence-corrected chi connectivity index (χ2v) is 5.26. The molecule has 1 fully saturated rings. The van der Waals surface area contributed by atoms with Crippen LogP contribution in [0, 0.1) is 0 Å². The first kappa shape index (κ1) is 12.1. The fourth-order valence-electron chi connectivity index (χ4n) is 2.21. The number of piperidine rings is 1. The van der Waals surface area contributed by atoms with Crippen LogP contribution >= 0.6 is 15.9 Å². The number of rotatable bonds is 3. The van der Waals surface area contributed by atoms with Gasteiger partial charge in [0, 0.05) is 10.5 Å². The fraction of sp³-hybridized carbons (Fsp3) is 0.538. The van der Waals surface area contributed by atoms with Crippen molar-refractivity contribution in [3.8, 4) is 0 Å². The molecule has 0 amide bonds. The van der Waals surface area contributed by atoms with E-state index in [4.69, 9.17) is 0 Å². The second-order valence-electron chi connectivity index (χ2n) is 4.41. The molecule has 1 nitrogen and oxygen atoms in total. The number of halogens is 2.